The minimum atomic E-state index is -0.401. The highest BCUT2D eigenvalue weighted by Gasteiger charge is 2.35. The first kappa shape index (κ1) is 13.1. The van der Waals surface area contributed by atoms with E-state index in [1.807, 2.05) is 4.90 Å². The molecule has 1 aromatic rings. The van der Waals surface area contributed by atoms with E-state index >= 15 is 0 Å². The van der Waals surface area contributed by atoms with Crippen LogP contribution in [0.4, 0.5) is 4.39 Å². The Morgan fingerprint density at radius 2 is 1.75 bits per heavy atom. The van der Waals surface area contributed by atoms with Gasteiger partial charge in [-0.25, -0.2) is 4.39 Å². The minimum Gasteiger partial charge on any atom is -0.339 e. The third-order valence-electron chi connectivity index (χ3n) is 3.81. The molecule has 1 saturated heterocycles. The quantitative estimate of drug-likeness (QED) is 0.817. The van der Waals surface area contributed by atoms with Crippen LogP contribution in [0.1, 0.15) is 23.2 Å². The molecule has 3 rings (SSSR count). The molecule has 4 nitrogen and oxygen atoms in total. The third kappa shape index (κ3) is 2.66. The molecule has 0 spiro atoms. The maximum atomic E-state index is 12.8. The standard InChI is InChI=1S/C15H16FN2O2/c16-13-5-3-12(4-6-13)15(20)18-9-7-17(8-10-18)14(19)11-1-2-11/h3,5-6,11H,1-2,7-10H2. The van der Waals surface area contributed by atoms with E-state index in [1.54, 1.807) is 4.90 Å². The Bertz CT molecular complexity index is 517. The zero-order valence-electron chi connectivity index (χ0n) is 11.1. The summed E-state index contributed by atoms with van der Waals surface area (Å²) in [5, 5.41) is 0. The fourth-order valence-electron chi connectivity index (χ4n) is 2.43. The second kappa shape index (κ2) is 5.23. The average Bonchev–Trinajstić information content (AvgIpc) is 3.31. The van der Waals surface area contributed by atoms with Crippen LogP contribution in [0.25, 0.3) is 0 Å². The molecule has 0 unspecified atom stereocenters. The molecular weight excluding hydrogens is 259 g/mol. The van der Waals surface area contributed by atoms with Crippen molar-refractivity contribution in [1.82, 2.24) is 9.80 Å². The number of hydrogen-bond donors (Lipinski definition) is 0. The molecule has 0 bridgehead atoms. The number of carbonyl (C=O) groups is 2. The lowest BCUT2D eigenvalue weighted by molar-refractivity contribution is -0.134. The van der Waals surface area contributed by atoms with Crippen LogP contribution in [0.5, 0.6) is 0 Å². The van der Waals surface area contributed by atoms with Crippen LogP contribution in [-0.4, -0.2) is 47.8 Å². The molecular formula is C15H16FN2O2. The number of nitrogens with zero attached hydrogens (tertiary/aromatic N) is 2. The van der Waals surface area contributed by atoms with Crippen molar-refractivity contribution in [3.63, 3.8) is 0 Å². The van der Waals surface area contributed by atoms with Gasteiger partial charge >= 0.3 is 0 Å². The van der Waals surface area contributed by atoms with Crippen LogP contribution in [0.2, 0.25) is 0 Å². The Kier molecular flexibility index (Phi) is 3.42. The maximum absolute atomic E-state index is 12.8. The number of halogens is 1. The van der Waals surface area contributed by atoms with Crippen molar-refractivity contribution in [3.8, 4) is 0 Å². The van der Waals surface area contributed by atoms with E-state index in [-0.39, 0.29) is 17.7 Å². The highest BCUT2D eigenvalue weighted by Crippen LogP contribution is 2.31. The summed E-state index contributed by atoms with van der Waals surface area (Å²) >= 11 is 0. The molecule has 20 heavy (non-hydrogen) atoms. The fourth-order valence-corrected chi connectivity index (χ4v) is 2.43. The first-order valence-corrected chi connectivity index (χ1v) is 6.90. The maximum Gasteiger partial charge on any atom is 0.254 e. The van der Waals surface area contributed by atoms with Crippen LogP contribution in [0.15, 0.2) is 18.2 Å². The van der Waals surface area contributed by atoms with Crippen molar-refractivity contribution in [3.05, 3.63) is 35.6 Å². The van der Waals surface area contributed by atoms with E-state index in [2.05, 4.69) is 6.07 Å². The van der Waals surface area contributed by atoms with Gasteiger partial charge in [0.05, 0.1) is 0 Å². The van der Waals surface area contributed by atoms with Gasteiger partial charge in [-0.1, -0.05) is 0 Å². The summed E-state index contributed by atoms with van der Waals surface area (Å²) in [5.74, 6) is -0.0990. The predicted molar refractivity (Wildman–Crippen MR) is 70.4 cm³/mol. The molecule has 2 fully saturated rings. The Labute approximate surface area is 117 Å². The molecule has 1 aromatic carbocycles. The molecule has 2 aliphatic rings. The summed E-state index contributed by atoms with van der Waals surface area (Å²) in [5.41, 5.74) is 0.369. The van der Waals surface area contributed by atoms with Gasteiger partial charge in [-0.05, 0) is 37.1 Å². The Morgan fingerprint density at radius 3 is 2.30 bits per heavy atom. The number of amides is 2. The largest absolute Gasteiger partial charge is 0.339 e. The van der Waals surface area contributed by atoms with Crippen LogP contribution in [0.3, 0.4) is 0 Å². The van der Waals surface area contributed by atoms with E-state index in [1.165, 1.54) is 18.2 Å². The van der Waals surface area contributed by atoms with Crippen molar-refractivity contribution in [2.75, 3.05) is 26.2 Å². The van der Waals surface area contributed by atoms with E-state index < -0.39 is 5.82 Å². The summed E-state index contributed by atoms with van der Waals surface area (Å²) in [6.45, 7) is 2.23. The molecule has 0 N–H and O–H groups in total. The predicted octanol–water partition coefficient (Wildman–Crippen LogP) is 1.32. The highest BCUT2D eigenvalue weighted by molar-refractivity contribution is 5.94. The van der Waals surface area contributed by atoms with E-state index in [0.29, 0.717) is 31.7 Å². The first-order chi connectivity index (χ1) is 9.65. The van der Waals surface area contributed by atoms with Crippen LogP contribution >= 0.6 is 0 Å². The highest BCUT2D eigenvalue weighted by atomic mass is 19.1. The fraction of sp³-hybridized carbons (Fsp3) is 0.467. The number of benzene rings is 1. The zero-order valence-corrected chi connectivity index (χ0v) is 11.1. The lowest BCUT2D eigenvalue weighted by Gasteiger charge is -2.35. The van der Waals surface area contributed by atoms with E-state index in [9.17, 15) is 14.0 Å². The lowest BCUT2D eigenvalue weighted by atomic mass is 10.1. The second-order valence-electron chi connectivity index (χ2n) is 5.31. The van der Waals surface area contributed by atoms with Gasteiger partial charge in [0.25, 0.3) is 5.91 Å². The first-order valence-electron chi connectivity index (χ1n) is 6.90. The zero-order chi connectivity index (χ0) is 14.1. The Morgan fingerprint density at radius 1 is 1.10 bits per heavy atom. The molecule has 5 heteroatoms. The van der Waals surface area contributed by atoms with Crippen LogP contribution in [0, 0.1) is 17.8 Å². The van der Waals surface area contributed by atoms with E-state index in [0.717, 1.165) is 12.8 Å². The van der Waals surface area contributed by atoms with Gasteiger partial charge in [0.1, 0.15) is 5.82 Å². The number of rotatable bonds is 2. The smallest absolute Gasteiger partial charge is 0.254 e. The molecule has 1 saturated carbocycles. The normalized spacial score (nSPS) is 19.1. The molecule has 1 aliphatic heterocycles. The Hall–Kier alpha value is -1.91. The lowest BCUT2D eigenvalue weighted by Crippen LogP contribution is -2.51. The van der Waals surface area contributed by atoms with Crippen LogP contribution < -0.4 is 0 Å². The minimum absolute atomic E-state index is 0.150. The van der Waals surface area contributed by atoms with Gasteiger partial charge in [0.15, 0.2) is 0 Å². The third-order valence-corrected chi connectivity index (χ3v) is 3.81. The number of piperazine rings is 1. The van der Waals surface area contributed by atoms with Gasteiger partial charge < -0.3 is 9.80 Å². The van der Waals surface area contributed by atoms with Crippen molar-refractivity contribution >= 4 is 11.8 Å². The molecule has 0 aromatic heterocycles. The van der Waals surface area contributed by atoms with Crippen molar-refractivity contribution < 1.29 is 14.0 Å². The van der Waals surface area contributed by atoms with Gasteiger partial charge in [0, 0.05) is 37.7 Å². The topological polar surface area (TPSA) is 40.6 Å². The second-order valence-corrected chi connectivity index (χ2v) is 5.31. The summed E-state index contributed by atoms with van der Waals surface area (Å²) in [6.07, 6.45) is 2.00. The molecule has 105 valence electrons. The molecule has 2 amide bonds. The molecule has 1 aliphatic carbocycles. The summed E-state index contributed by atoms with van der Waals surface area (Å²) < 4.78 is 12.8. The van der Waals surface area contributed by atoms with Gasteiger partial charge in [-0.15, -0.1) is 0 Å². The monoisotopic (exact) mass is 275 g/mol. The Balaban J connectivity index is 1.58. The van der Waals surface area contributed by atoms with Crippen molar-refractivity contribution in [1.29, 1.82) is 0 Å². The van der Waals surface area contributed by atoms with Crippen molar-refractivity contribution in [2.24, 2.45) is 5.92 Å². The van der Waals surface area contributed by atoms with Gasteiger partial charge in [-0.3, -0.25) is 9.59 Å². The van der Waals surface area contributed by atoms with Crippen molar-refractivity contribution in [2.45, 2.75) is 12.8 Å². The molecule has 1 heterocycles. The summed E-state index contributed by atoms with van der Waals surface area (Å²) in [6, 6.07) is 6.52. The number of carbonyl (C=O) groups excluding carboxylic acids is 2. The van der Waals surface area contributed by atoms with Gasteiger partial charge in [0.2, 0.25) is 5.91 Å². The SMILES string of the molecule is O=C(c1[c]cc(F)cc1)N1CCN(C(=O)C2CC2)CC1. The average molecular weight is 275 g/mol. The van der Waals surface area contributed by atoms with Crippen LogP contribution in [-0.2, 0) is 4.79 Å². The summed E-state index contributed by atoms with van der Waals surface area (Å²) in [7, 11) is 0. The summed E-state index contributed by atoms with van der Waals surface area (Å²) in [4.78, 5) is 27.7. The molecule has 1 radical (unpaired) electrons. The van der Waals surface area contributed by atoms with E-state index in [4.69, 9.17) is 0 Å². The molecule has 0 atom stereocenters. The number of hydrogen-bond acceptors (Lipinski definition) is 2. The van der Waals surface area contributed by atoms with Gasteiger partial charge in [-0.2, -0.15) is 0 Å².